The van der Waals surface area contributed by atoms with Gasteiger partial charge in [-0.3, -0.25) is 4.99 Å². The van der Waals surface area contributed by atoms with Crippen LogP contribution in [0.2, 0.25) is 0 Å². The molecule has 140 valence electrons. The number of aryl methyl sites for hydroxylation is 1. The maximum absolute atomic E-state index is 4.87. The highest BCUT2D eigenvalue weighted by molar-refractivity contribution is 7.14. The lowest BCUT2D eigenvalue weighted by Crippen LogP contribution is -1.99. The highest BCUT2D eigenvalue weighted by Gasteiger charge is 2.11. The lowest BCUT2D eigenvalue weighted by Gasteiger charge is -2.07. The summed E-state index contributed by atoms with van der Waals surface area (Å²) >= 11 is 1.66. The molecule has 1 aromatic carbocycles. The number of aliphatic imine (C=N–C) groups is 1. The maximum Gasteiger partial charge on any atom is 0.146 e. The van der Waals surface area contributed by atoms with Crippen LogP contribution in [0.3, 0.4) is 0 Å². The van der Waals surface area contributed by atoms with Gasteiger partial charge in [0.1, 0.15) is 5.82 Å². The second-order valence-corrected chi connectivity index (χ2v) is 7.15. The average molecular weight is 378 g/mol. The highest BCUT2D eigenvalue weighted by Crippen LogP contribution is 2.26. The zero-order chi connectivity index (χ0) is 19.8. The van der Waals surface area contributed by atoms with Crippen LogP contribution >= 0.6 is 11.3 Å². The molecule has 0 unspecified atom stereocenters. The Bertz CT molecular complexity index is 910. The van der Waals surface area contributed by atoms with Gasteiger partial charge in [-0.05, 0) is 44.4 Å². The van der Waals surface area contributed by atoms with Gasteiger partial charge in [-0.2, -0.15) is 0 Å². The van der Waals surface area contributed by atoms with Gasteiger partial charge in [0.15, 0.2) is 0 Å². The molecular weight excluding hydrogens is 350 g/mol. The van der Waals surface area contributed by atoms with Gasteiger partial charge in [0, 0.05) is 7.05 Å². The van der Waals surface area contributed by atoms with E-state index in [2.05, 4.69) is 53.3 Å². The Balaban J connectivity index is 2.32. The third-order valence-electron chi connectivity index (χ3n) is 4.10. The van der Waals surface area contributed by atoms with Crippen molar-refractivity contribution < 1.29 is 0 Å². The summed E-state index contributed by atoms with van der Waals surface area (Å²) in [5.74, 6) is 0.885. The molecule has 1 aromatic heterocycles. The van der Waals surface area contributed by atoms with E-state index in [1.165, 1.54) is 11.1 Å². The summed E-state index contributed by atoms with van der Waals surface area (Å²) in [7, 11) is 1.89. The third kappa shape index (κ3) is 5.14. The van der Waals surface area contributed by atoms with Crippen LogP contribution in [-0.2, 0) is 0 Å². The predicted molar refractivity (Wildman–Crippen MR) is 122 cm³/mol. The van der Waals surface area contributed by atoms with Gasteiger partial charge >= 0.3 is 0 Å². The Labute approximate surface area is 166 Å². The summed E-state index contributed by atoms with van der Waals surface area (Å²) in [5, 5.41) is 4.18. The lowest BCUT2D eigenvalue weighted by atomic mass is 10.0. The molecular formula is C23H27N3S. The summed E-state index contributed by atoms with van der Waals surface area (Å²) in [6.45, 7) is 11.8. The van der Waals surface area contributed by atoms with Crippen LogP contribution in [-0.4, -0.2) is 17.7 Å². The predicted octanol–water partition coefficient (Wildman–Crippen LogP) is 6.51. The van der Waals surface area contributed by atoms with Crippen molar-refractivity contribution in [1.29, 1.82) is 0 Å². The average Bonchev–Trinajstić information content (AvgIpc) is 3.08. The number of allylic oxidation sites excluding steroid dienone is 6. The van der Waals surface area contributed by atoms with Crippen molar-refractivity contribution in [3.05, 3.63) is 82.2 Å². The fourth-order valence-corrected chi connectivity index (χ4v) is 3.60. The van der Waals surface area contributed by atoms with Crippen molar-refractivity contribution in [3.63, 3.8) is 0 Å². The first kappa shape index (κ1) is 20.6. The van der Waals surface area contributed by atoms with Crippen LogP contribution in [0.5, 0.6) is 0 Å². The molecule has 3 nitrogen and oxygen atoms in total. The minimum Gasteiger partial charge on any atom is -0.372 e. The Morgan fingerprint density at radius 2 is 1.81 bits per heavy atom. The van der Waals surface area contributed by atoms with Gasteiger partial charge in [-0.15, -0.1) is 11.3 Å². The number of hydrogen-bond donors (Lipinski definition) is 1. The van der Waals surface area contributed by atoms with Crippen LogP contribution < -0.4 is 5.32 Å². The number of benzene rings is 1. The molecule has 0 saturated carbocycles. The first-order valence-corrected chi connectivity index (χ1v) is 9.79. The van der Waals surface area contributed by atoms with Gasteiger partial charge < -0.3 is 5.32 Å². The normalized spacial score (nSPS) is 13.3. The van der Waals surface area contributed by atoms with Crippen molar-refractivity contribution >= 4 is 34.1 Å². The first-order valence-electron chi connectivity index (χ1n) is 8.97. The second-order valence-electron chi connectivity index (χ2n) is 5.95. The van der Waals surface area contributed by atoms with Crippen LogP contribution in [0.1, 0.15) is 41.8 Å². The molecule has 27 heavy (non-hydrogen) atoms. The number of nitrogens with one attached hydrogen (secondary N) is 1. The monoisotopic (exact) mass is 377 g/mol. The van der Waals surface area contributed by atoms with Crippen molar-refractivity contribution in [2.75, 3.05) is 12.4 Å². The standard InChI is InChI=1S/C23H27N3S/c1-7-10-11-18(8-2)19-12-14-20(15-13-19)21(9-3)25-16(4)22-23(24-6)26-17(5)27-22/h7-15,24H,1H2,2-6H3/b11-10-,18-8+,21-9-,25-16?. The number of nitrogens with zero attached hydrogens (tertiary/aromatic N) is 2. The largest absolute Gasteiger partial charge is 0.372 e. The molecule has 0 saturated heterocycles. The van der Waals surface area contributed by atoms with Crippen molar-refractivity contribution in [2.45, 2.75) is 27.7 Å². The fraction of sp³-hybridized carbons (Fsp3) is 0.217. The quantitative estimate of drug-likeness (QED) is 0.441. The maximum atomic E-state index is 4.87. The van der Waals surface area contributed by atoms with E-state index in [1.807, 2.05) is 46.9 Å². The molecule has 0 radical (unpaired) electrons. The number of anilines is 1. The molecule has 0 aliphatic heterocycles. The molecule has 4 heteroatoms. The van der Waals surface area contributed by atoms with E-state index in [0.29, 0.717) is 0 Å². The smallest absolute Gasteiger partial charge is 0.146 e. The van der Waals surface area contributed by atoms with Gasteiger partial charge in [0.2, 0.25) is 0 Å². The minimum atomic E-state index is 0.885. The molecule has 0 spiro atoms. The summed E-state index contributed by atoms with van der Waals surface area (Å²) in [4.78, 5) is 10.5. The Morgan fingerprint density at radius 3 is 2.37 bits per heavy atom. The zero-order valence-electron chi connectivity index (χ0n) is 16.7. The van der Waals surface area contributed by atoms with Gasteiger partial charge in [-0.25, -0.2) is 4.98 Å². The summed E-state index contributed by atoms with van der Waals surface area (Å²) in [6, 6.07) is 8.48. The molecule has 0 aliphatic rings. The van der Waals surface area contributed by atoms with E-state index in [9.17, 15) is 0 Å². The number of aromatic nitrogens is 1. The van der Waals surface area contributed by atoms with E-state index in [-0.39, 0.29) is 0 Å². The van der Waals surface area contributed by atoms with E-state index >= 15 is 0 Å². The van der Waals surface area contributed by atoms with Crippen LogP contribution in [0.15, 0.2) is 66.2 Å². The molecule has 2 aromatic rings. The molecule has 0 amide bonds. The molecule has 1 heterocycles. The minimum absolute atomic E-state index is 0.885. The van der Waals surface area contributed by atoms with E-state index in [1.54, 1.807) is 17.4 Å². The summed E-state index contributed by atoms with van der Waals surface area (Å²) in [6.07, 6.45) is 9.93. The molecule has 0 atom stereocenters. The molecule has 0 fully saturated rings. The number of rotatable bonds is 7. The SMILES string of the molecule is C=C/C=C\C(=C/C)c1ccc(/C(=C/C)N=C(C)c2sc(C)nc2NC)cc1. The summed E-state index contributed by atoms with van der Waals surface area (Å²) in [5.41, 5.74) is 5.35. The van der Waals surface area contributed by atoms with Crippen molar-refractivity contribution in [3.8, 4) is 0 Å². The summed E-state index contributed by atoms with van der Waals surface area (Å²) < 4.78 is 0. The first-order chi connectivity index (χ1) is 13.0. The Morgan fingerprint density at radius 1 is 1.15 bits per heavy atom. The van der Waals surface area contributed by atoms with Crippen molar-refractivity contribution in [2.24, 2.45) is 4.99 Å². The number of thiazole rings is 1. The number of hydrogen-bond acceptors (Lipinski definition) is 4. The highest BCUT2D eigenvalue weighted by atomic mass is 32.1. The molecule has 1 N–H and O–H groups in total. The van der Waals surface area contributed by atoms with Crippen LogP contribution in [0.4, 0.5) is 5.82 Å². The third-order valence-corrected chi connectivity index (χ3v) is 5.18. The Hall–Kier alpha value is -2.72. The van der Waals surface area contributed by atoms with Gasteiger partial charge in [0.25, 0.3) is 0 Å². The zero-order valence-corrected chi connectivity index (χ0v) is 17.5. The van der Waals surface area contributed by atoms with Gasteiger partial charge in [-0.1, -0.05) is 61.2 Å². The Kier molecular flexibility index (Phi) is 7.50. The molecule has 0 bridgehead atoms. The van der Waals surface area contributed by atoms with E-state index in [4.69, 9.17) is 4.99 Å². The van der Waals surface area contributed by atoms with E-state index < -0.39 is 0 Å². The van der Waals surface area contributed by atoms with Gasteiger partial charge in [0.05, 0.1) is 21.3 Å². The lowest BCUT2D eigenvalue weighted by molar-refractivity contribution is 1.27. The van der Waals surface area contributed by atoms with E-state index in [0.717, 1.165) is 32.7 Å². The van der Waals surface area contributed by atoms with Crippen LogP contribution in [0.25, 0.3) is 11.3 Å². The topological polar surface area (TPSA) is 37.3 Å². The van der Waals surface area contributed by atoms with Crippen molar-refractivity contribution in [1.82, 2.24) is 4.98 Å². The molecule has 2 rings (SSSR count). The molecule has 0 aliphatic carbocycles. The second kappa shape index (κ2) is 9.83. The van der Waals surface area contributed by atoms with Crippen LogP contribution in [0, 0.1) is 6.92 Å². The fourth-order valence-electron chi connectivity index (χ4n) is 2.73.